The molecule has 4 rings (SSSR count). The first kappa shape index (κ1) is 15.0. The molecule has 1 unspecified atom stereocenters. The molecule has 0 saturated carbocycles. The minimum atomic E-state index is 0.273. The van der Waals surface area contributed by atoms with Crippen molar-refractivity contribution in [1.82, 2.24) is 24.8 Å². The van der Waals surface area contributed by atoms with Crippen molar-refractivity contribution < 1.29 is 4.74 Å². The highest BCUT2D eigenvalue weighted by Gasteiger charge is 2.24. The van der Waals surface area contributed by atoms with E-state index in [9.17, 15) is 0 Å². The first-order valence-corrected chi connectivity index (χ1v) is 8.31. The quantitative estimate of drug-likeness (QED) is 0.683. The highest BCUT2D eigenvalue weighted by atomic mass is 16.5. The molecule has 1 aliphatic rings. The van der Waals surface area contributed by atoms with Crippen LogP contribution in [0.5, 0.6) is 5.75 Å². The first-order chi connectivity index (χ1) is 11.9. The molecule has 2 N–H and O–H groups in total. The third kappa shape index (κ3) is 3.19. The van der Waals surface area contributed by atoms with E-state index in [1.807, 2.05) is 18.6 Å². The molecule has 2 aromatic heterocycles. The lowest BCUT2D eigenvalue weighted by atomic mass is 9.92. The maximum atomic E-state index is 5.92. The lowest BCUT2D eigenvalue weighted by molar-refractivity contribution is 0.301. The fraction of sp³-hybridized carbons (Fsp3) is 0.333. The van der Waals surface area contributed by atoms with E-state index in [0.29, 0.717) is 6.61 Å². The van der Waals surface area contributed by atoms with Gasteiger partial charge in [0.1, 0.15) is 5.75 Å². The van der Waals surface area contributed by atoms with Crippen molar-refractivity contribution >= 4 is 0 Å². The highest BCUT2D eigenvalue weighted by molar-refractivity contribution is 5.37. The molecule has 0 aliphatic carbocycles. The van der Waals surface area contributed by atoms with E-state index < -0.39 is 0 Å². The van der Waals surface area contributed by atoms with E-state index in [4.69, 9.17) is 4.74 Å². The Morgan fingerprint density at radius 1 is 1.33 bits per heavy atom. The summed E-state index contributed by atoms with van der Waals surface area (Å²) in [6, 6.07) is 8.35. The van der Waals surface area contributed by atoms with Gasteiger partial charge in [-0.1, -0.05) is 12.1 Å². The van der Waals surface area contributed by atoms with Crippen molar-refractivity contribution in [3.63, 3.8) is 0 Å². The number of aromatic nitrogens is 4. The van der Waals surface area contributed by atoms with Crippen LogP contribution in [0.2, 0.25) is 0 Å². The van der Waals surface area contributed by atoms with Gasteiger partial charge in [0.05, 0.1) is 30.6 Å². The molecule has 1 aliphatic heterocycles. The molecular formula is C18H21N5O. The molecule has 0 fully saturated rings. The third-order valence-corrected chi connectivity index (χ3v) is 4.38. The summed E-state index contributed by atoms with van der Waals surface area (Å²) in [5.74, 6) is 1.19. The topological polar surface area (TPSA) is 67.8 Å². The van der Waals surface area contributed by atoms with Gasteiger partial charge in [0.25, 0.3) is 0 Å². The van der Waals surface area contributed by atoms with E-state index in [1.54, 1.807) is 12.5 Å². The molecule has 3 heterocycles. The fourth-order valence-electron chi connectivity index (χ4n) is 3.16. The third-order valence-electron chi connectivity index (χ3n) is 4.38. The van der Waals surface area contributed by atoms with Crippen LogP contribution in [0, 0.1) is 0 Å². The zero-order valence-corrected chi connectivity index (χ0v) is 13.5. The molecule has 0 spiro atoms. The van der Waals surface area contributed by atoms with Crippen LogP contribution in [-0.4, -0.2) is 32.7 Å². The van der Waals surface area contributed by atoms with Crippen LogP contribution < -0.4 is 10.1 Å². The number of H-pyrrole nitrogens is 1. The number of benzene rings is 1. The van der Waals surface area contributed by atoms with Gasteiger partial charge in [-0.3, -0.25) is 0 Å². The Hall–Kier alpha value is -2.60. The maximum Gasteiger partial charge on any atom is 0.119 e. The van der Waals surface area contributed by atoms with Crippen LogP contribution >= 0.6 is 0 Å². The number of nitrogens with zero attached hydrogens (tertiary/aromatic N) is 3. The van der Waals surface area contributed by atoms with Crippen LogP contribution in [0.15, 0.2) is 49.3 Å². The molecule has 3 aromatic rings. The monoisotopic (exact) mass is 323 g/mol. The second-order valence-corrected chi connectivity index (χ2v) is 6.02. The number of aryl methyl sites for hydroxylation is 1. The standard InChI is InChI=1S/C18H21N5O/c1-3-14(16-10-20-11-17-18(16)22-12-21-17)9-15(4-1)24-8-2-6-23-7-5-19-13-23/h1,3-5,7,9,12-13,16,20H,2,6,8,10-11H2,(H,21,22). The van der Waals surface area contributed by atoms with E-state index in [2.05, 4.69) is 43.0 Å². The Kier molecular flexibility index (Phi) is 4.29. The SMILES string of the molecule is c1cc(OCCCn2ccnc2)cc(C2CNCc3[nH]cnc32)c1. The summed E-state index contributed by atoms with van der Waals surface area (Å²) < 4.78 is 7.98. The van der Waals surface area contributed by atoms with Gasteiger partial charge in [-0.05, 0) is 24.1 Å². The molecule has 0 bridgehead atoms. The molecule has 0 radical (unpaired) electrons. The molecule has 0 amide bonds. The molecule has 6 heteroatoms. The summed E-state index contributed by atoms with van der Waals surface area (Å²) in [6.07, 6.45) is 8.33. The number of nitrogens with one attached hydrogen (secondary N) is 2. The summed E-state index contributed by atoms with van der Waals surface area (Å²) in [5, 5.41) is 3.44. The van der Waals surface area contributed by atoms with Crippen molar-refractivity contribution in [2.24, 2.45) is 0 Å². The Morgan fingerprint density at radius 3 is 3.25 bits per heavy atom. The average molecular weight is 323 g/mol. The van der Waals surface area contributed by atoms with Crippen LogP contribution in [0.25, 0.3) is 0 Å². The number of hydrogen-bond donors (Lipinski definition) is 2. The van der Waals surface area contributed by atoms with Gasteiger partial charge in [-0.2, -0.15) is 0 Å². The van der Waals surface area contributed by atoms with Crippen LogP contribution in [-0.2, 0) is 13.1 Å². The normalized spacial score (nSPS) is 16.8. The first-order valence-electron chi connectivity index (χ1n) is 8.31. The van der Waals surface area contributed by atoms with Crippen LogP contribution in [0.3, 0.4) is 0 Å². The number of imidazole rings is 2. The van der Waals surface area contributed by atoms with Crippen LogP contribution in [0.1, 0.15) is 29.3 Å². The van der Waals surface area contributed by atoms with Crippen molar-refractivity contribution in [2.75, 3.05) is 13.2 Å². The smallest absolute Gasteiger partial charge is 0.119 e. The predicted octanol–water partition coefficient (Wildman–Crippen LogP) is 2.31. The van der Waals surface area contributed by atoms with Crippen molar-refractivity contribution in [1.29, 1.82) is 0 Å². The second kappa shape index (κ2) is 6.88. The fourth-order valence-corrected chi connectivity index (χ4v) is 3.16. The zero-order valence-electron chi connectivity index (χ0n) is 13.5. The van der Waals surface area contributed by atoms with Gasteiger partial charge in [-0.15, -0.1) is 0 Å². The van der Waals surface area contributed by atoms with Crippen molar-refractivity contribution in [2.45, 2.75) is 25.4 Å². The molecule has 1 aromatic carbocycles. The van der Waals surface area contributed by atoms with Gasteiger partial charge >= 0.3 is 0 Å². The zero-order chi connectivity index (χ0) is 16.2. The Labute approximate surface area is 140 Å². The van der Waals surface area contributed by atoms with Crippen LogP contribution in [0.4, 0.5) is 0 Å². The number of rotatable bonds is 6. The van der Waals surface area contributed by atoms with Gasteiger partial charge in [0.15, 0.2) is 0 Å². The largest absolute Gasteiger partial charge is 0.494 e. The Morgan fingerprint density at radius 2 is 2.33 bits per heavy atom. The highest BCUT2D eigenvalue weighted by Crippen LogP contribution is 2.29. The van der Waals surface area contributed by atoms with E-state index in [-0.39, 0.29) is 5.92 Å². The Balaban J connectivity index is 1.39. The molecule has 124 valence electrons. The number of aromatic amines is 1. The molecular weight excluding hydrogens is 302 g/mol. The lowest BCUT2D eigenvalue weighted by Gasteiger charge is -2.23. The number of ether oxygens (including phenoxy) is 1. The van der Waals surface area contributed by atoms with Gasteiger partial charge in [0.2, 0.25) is 0 Å². The van der Waals surface area contributed by atoms with Gasteiger partial charge in [0, 0.05) is 37.9 Å². The van der Waals surface area contributed by atoms with Gasteiger partial charge < -0.3 is 19.6 Å². The molecule has 0 saturated heterocycles. The van der Waals surface area contributed by atoms with E-state index in [1.165, 1.54) is 11.3 Å². The summed E-state index contributed by atoms with van der Waals surface area (Å²) in [4.78, 5) is 11.8. The Bertz CT molecular complexity index is 780. The molecule has 1 atom stereocenters. The predicted molar refractivity (Wildman–Crippen MR) is 90.9 cm³/mol. The minimum absolute atomic E-state index is 0.273. The maximum absolute atomic E-state index is 5.92. The van der Waals surface area contributed by atoms with E-state index >= 15 is 0 Å². The second-order valence-electron chi connectivity index (χ2n) is 6.02. The average Bonchev–Trinajstić information content (AvgIpc) is 3.30. The molecule has 6 nitrogen and oxygen atoms in total. The summed E-state index contributed by atoms with van der Waals surface area (Å²) in [6.45, 7) is 3.37. The number of hydrogen-bond acceptors (Lipinski definition) is 4. The summed E-state index contributed by atoms with van der Waals surface area (Å²) in [7, 11) is 0. The summed E-state index contributed by atoms with van der Waals surface area (Å²) in [5.41, 5.74) is 3.56. The van der Waals surface area contributed by atoms with E-state index in [0.717, 1.165) is 37.5 Å². The van der Waals surface area contributed by atoms with Crippen molar-refractivity contribution in [3.05, 3.63) is 66.3 Å². The van der Waals surface area contributed by atoms with Crippen molar-refractivity contribution in [3.8, 4) is 5.75 Å². The summed E-state index contributed by atoms with van der Waals surface area (Å²) >= 11 is 0. The minimum Gasteiger partial charge on any atom is -0.494 e. The lowest BCUT2D eigenvalue weighted by Crippen LogP contribution is -2.28. The number of fused-ring (bicyclic) bond motifs is 1. The molecule has 24 heavy (non-hydrogen) atoms. The van der Waals surface area contributed by atoms with Gasteiger partial charge in [-0.25, -0.2) is 9.97 Å².